The fraction of sp³-hybridized carbons (Fsp3) is 0.467. The molecule has 0 bridgehead atoms. The van der Waals surface area contributed by atoms with Crippen molar-refractivity contribution in [1.29, 1.82) is 0 Å². The number of carbonyl (C=O) groups excluding carboxylic acids is 1. The lowest BCUT2D eigenvalue weighted by Crippen LogP contribution is -2.40. The Bertz CT molecular complexity index is 504. The van der Waals surface area contributed by atoms with Gasteiger partial charge in [0.25, 0.3) is 0 Å². The number of hydrogen-bond donors (Lipinski definition) is 2. The van der Waals surface area contributed by atoms with E-state index in [0.29, 0.717) is 30.0 Å². The summed E-state index contributed by atoms with van der Waals surface area (Å²) in [6.45, 7) is 1.88. The number of carboxylic acids is 1. The number of hydrogen-bond acceptors (Lipinski definition) is 3. The van der Waals surface area contributed by atoms with Crippen LogP contribution in [0.3, 0.4) is 0 Å². The standard InChI is InChI=1S/C15H20ClNO4/c1-3-4-12(15(19)20)17-14(18)8-6-10-5-7-13(21-2)11(16)9-10/h5,7,9,12H,3-4,6,8H2,1-2H3,(H,17,18)(H,19,20)/t12-/m0/s1. The number of rotatable bonds is 8. The Labute approximate surface area is 129 Å². The number of halogens is 1. The molecule has 0 radical (unpaired) electrons. The number of aliphatic carboxylic acids is 1. The van der Waals surface area contributed by atoms with E-state index in [4.69, 9.17) is 21.4 Å². The predicted molar refractivity (Wildman–Crippen MR) is 80.8 cm³/mol. The molecule has 21 heavy (non-hydrogen) atoms. The van der Waals surface area contributed by atoms with Crippen LogP contribution >= 0.6 is 11.6 Å². The average Bonchev–Trinajstić information content (AvgIpc) is 2.44. The third kappa shape index (κ3) is 5.63. The molecule has 0 aliphatic heterocycles. The van der Waals surface area contributed by atoms with Gasteiger partial charge in [-0.2, -0.15) is 0 Å². The summed E-state index contributed by atoms with van der Waals surface area (Å²) in [5.41, 5.74) is 0.901. The van der Waals surface area contributed by atoms with Gasteiger partial charge in [0.05, 0.1) is 12.1 Å². The van der Waals surface area contributed by atoms with Crippen LogP contribution < -0.4 is 10.1 Å². The number of methoxy groups -OCH3 is 1. The number of benzene rings is 1. The largest absolute Gasteiger partial charge is 0.495 e. The molecular weight excluding hydrogens is 294 g/mol. The van der Waals surface area contributed by atoms with Gasteiger partial charge in [0, 0.05) is 6.42 Å². The Morgan fingerprint density at radius 2 is 2.14 bits per heavy atom. The highest BCUT2D eigenvalue weighted by Gasteiger charge is 2.18. The maximum absolute atomic E-state index is 11.8. The molecule has 5 nitrogen and oxygen atoms in total. The molecule has 116 valence electrons. The van der Waals surface area contributed by atoms with E-state index in [2.05, 4.69) is 5.32 Å². The fourth-order valence-electron chi connectivity index (χ4n) is 1.94. The topological polar surface area (TPSA) is 75.6 Å². The molecule has 1 atom stereocenters. The highest BCUT2D eigenvalue weighted by molar-refractivity contribution is 6.32. The van der Waals surface area contributed by atoms with Crippen molar-refractivity contribution in [3.05, 3.63) is 28.8 Å². The van der Waals surface area contributed by atoms with Crippen molar-refractivity contribution in [2.75, 3.05) is 7.11 Å². The van der Waals surface area contributed by atoms with E-state index in [1.54, 1.807) is 12.1 Å². The molecule has 6 heteroatoms. The molecule has 0 fully saturated rings. The summed E-state index contributed by atoms with van der Waals surface area (Å²) < 4.78 is 5.05. The second kappa shape index (κ2) is 8.52. The van der Waals surface area contributed by atoms with Crippen molar-refractivity contribution in [1.82, 2.24) is 5.32 Å². The molecular formula is C15H20ClNO4. The Balaban J connectivity index is 2.52. The molecule has 1 amide bonds. The summed E-state index contributed by atoms with van der Waals surface area (Å²) in [6, 6.07) is 4.50. The lowest BCUT2D eigenvalue weighted by atomic mass is 10.1. The van der Waals surface area contributed by atoms with Crippen LogP contribution in [0.4, 0.5) is 0 Å². The van der Waals surface area contributed by atoms with Crippen LogP contribution in [0.5, 0.6) is 5.75 Å². The number of nitrogens with one attached hydrogen (secondary N) is 1. The first-order valence-electron chi connectivity index (χ1n) is 6.82. The van der Waals surface area contributed by atoms with Crippen molar-refractivity contribution in [3.63, 3.8) is 0 Å². The van der Waals surface area contributed by atoms with E-state index in [1.165, 1.54) is 7.11 Å². The first kappa shape index (κ1) is 17.3. The monoisotopic (exact) mass is 313 g/mol. The Hall–Kier alpha value is -1.75. The second-order valence-corrected chi connectivity index (χ2v) is 5.12. The molecule has 0 saturated heterocycles. The van der Waals surface area contributed by atoms with E-state index in [-0.39, 0.29) is 12.3 Å². The molecule has 2 N–H and O–H groups in total. The smallest absolute Gasteiger partial charge is 0.326 e. The number of carboxylic acid groups (broad SMARTS) is 1. The zero-order valence-electron chi connectivity index (χ0n) is 12.2. The van der Waals surface area contributed by atoms with Gasteiger partial charge in [0.15, 0.2) is 0 Å². The first-order chi connectivity index (χ1) is 9.97. The van der Waals surface area contributed by atoms with E-state index in [1.807, 2.05) is 13.0 Å². The lowest BCUT2D eigenvalue weighted by Gasteiger charge is -2.13. The normalized spacial score (nSPS) is 11.8. The van der Waals surface area contributed by atoms with Gasteiger partial charge in [0.2, 0.25) is 5.91 Å². The summed E-state index contributed by atoms with van der Waals surface area (Å²) in [6.07, 6.45) is 1.84. The first-order valence-corrected chi connectivity index (χ1v) is 7.20. The minimum Gasteiger partial charge on any atom is -0.495 e. The SMILES string of the molecule is CCC[C@H](NC(=O)CCc1ccc(OC)c(Cl)c1)C(=O)O. The van der Waals surface area contributed by atoms with Gasteiger partial charge in [-0.25, -0.2) is 4.79 Å². The molecule has 0 heterocycles. The number of ether oxygens (including phenoxy) is 1. The molecule has 0 aliphatic rings. The molecule has 0 spiro atoms. The molecule has 1 aromatic carbocycles. The van der Waals surface area contributed by atoms with E-state index in [9.17, 15) is 9.59 Å². The van der Waals surface area contributed by atoms with Crippen LogP contribution in [0.15, 0.2) is 18.2 Å². The summed E-state index contributed by atoms with van der Waals surface area (Å²) in [5.74, 6) is -0.695. The van der Waals surface area contributed by atoms with Crippen LogP contribution in [0.2, 0.25) is 5.02 Å². The molecule has 1 aromatic rings. The van der Waals surface area contributed by atoms with Crippen molar-refractivity contribution in [3.8, 4) is 5.75 Å². The summed E-state index contributed by atoms with van der Waals surface area (Å²) in [4.78, 5) is 22.8. The quantitative estimate of drug-likeness (QED) is 0.773. The summed E-state index contributed by atoms with van der Waals surface area (Å²) in [5, 5.41) is 12.0. The van der Waals surface area contributed by atoms with Crippen LogP contribution in [0.25, 0.3) is 0 Å². The third-order valence-corrected chi connectivity index (χ3v) is 3.36. The Kier molecular flexibility index (Phi) is 7.02. The van der Waals surface area contributed by atoms with E-state index in [0.717, 1.165) is 5.56 Å². The molecule has 0 saturated carbocycles. The zero-order valence-corrected chi connectivity index (χ0v) is 12.9. The number of aryl methyl sites for hydroxylation is 1. The molecule has 1 rings (SSSR count). The van der Waals surface area contributed by atoms with Crippen molar-refractivity contribution >= 4 is 23.5 Å². The van der Waals surface area contributed by atoms with Crippen molar-refractivity contribution in [2.24, 2.45) is 0 Å². The summed E-state index contributed by atoms with van der Waals surface area (Å²) in [7, 11) is 1.54. The number of carbonyl (C=O) groups is 2. The highest BCUT2D eigenvalue weighted by atomic mass is 35.5. The maximum Gasteiger partial charge on any atom is 0.326 e. The lowest BCUT2D eigenvalue weighted by molar-refractivity contribution is -0.142. The minimum atomic E-state index is -1.00. The van der Waals surface area contributed by atoms with Gasteiger partial charge in [0.1, 0.15) is 11.8 Å². The van der Waals surface area contributed by atoms with Crippen LogP contribution in [0, 0.1) is 0 Å². The fourth-order valence-corrected chi connectivity index (χ4v) is 2.22. The van der Waals surface area contributed by atoms with E-state index < -0.39 is 12.0 Å². The number of amides is 1. The Morgan fingerprint density at radius 1 is 1.43 bits per heavy atom. The second-order valence-electron chi connectivity index (χ2n) is 4.72. The van der Waals surface area contributed by atoms with Gasteiger partial charge in [-0.3, -0.25) is 4.79 Å². The zero-order chi connectivity index (χ0) is 15.8. The van der Waals surface area contributed by atoms with Crippen molar-refractivity contribution in [2.45, 2.75) is 38.6 Å². The average molecular weight is 314 g/mol. The Morgan fingerprint density at radius 3 is 2.67 bits per heavy atom. The van der Waals surface area contributed by atoms with Crippen molar-refractivity contribution < 1.29 is 19.4 Å². The highest BCUT2D eigenvalue weighted by Crippen LogP contribution is 2.25. The minimum absolute atomic E-state index is 0.218. The molecule has 0 aromatic heterocycles. The maximum atomic E-state index is 11.8. The van der Waals surface area contributed by atoms with E-state index >= 15 is 0 Å². The predicted octanol–water partition coefficient (Wildman–Crippen LogP) is 2.65. The molecule has 0 unspecified atom stereocenters. The van der Waals surface area contributed by atoms with Gasteiger partial charge < -0.3 is 15.2 Å². The summed E-state index contributed by atoms with van der Waals surface area (Å²) >= 11 is 6.01. The van der Waals surface area contributed by atoms with Crippen LogP contribution in [-0.4, -0.2) is 30.1 Å². The van der Waals surface area contributed by atoms with Gasteiger partial charge in [-0.05, 0) is 30.5 Å². The van der Waals surface area contributed by atoms with Gasteiger partial charge in [-0.1, -0.05) is 31.0 Å². The third-order valence-electron chi connectivity index (χ3n) is 3.07. The van der Waals surface area contributed by atoms with Gasteiger partial charge >= 0.3 is 5.97 Å². The van der Waals surface area contributed by atoms with Crippen LogP contribution in [-0.2, 0) is 16.0 Å². The van der Waals surface area contributed by atoms with Gasteiger partial charge in [-0.15, -0.1) is 0 Å². The van der Waals surface area contributed by atoms with Crippen LogP contribution in [0.1, 0.15) is 31.7 Å². The molecule has 0 aliphatic carbocycles.